The van der Waals surface area contributed by atoms with Crippen LogP contribution in [0.25, 0.3) is 10.2 Å². The molecule has 0 saturated carbocycles. The van der Waals surface area contributed by atoms with Crippen LogP contribution in [0.1, 0.15) is 22.6 Å². The van der Waals surface area contributed by atoms with Gasteiger partial charge in [0.25, 0.3) is 0 Å². The highest BCUT2D eigenvalue weighted by molar-refractivity contribution is 7.21. The number of nitrogens with zero attached hydrogens (tertiary/aromatic N) is 3. The van der Waals surface area contributed by atoms with Crippen molar-refractivity contribution in [1.29, 1.82) is 0 Å². The maximum atomic E-state index is 11.0. The summed E-state index contributed by atoms with van der Waals surface area (Å²) in [5, 5.41) is 7.23. The third kappa shape index (κ3) is 2.98. The summed E-state index contributed by atoms with van der Waals surface area (Å²) >= 11 is 2.94. The number of carbonyl (C=O) groups excluding carboxylic acids is 1. The molecule has 3 rings (SSSR count). The molecular weight excluding hydrogens is 306 g/mol. The number of para-hydroxylation sites is 1. The van der Waals surface area contributed by atoms with E-state index in [9.17, 15) is 4.79 Å². The van der Waals surface area contributed by atoms with E-state index >= 15 is 0 Å². The van der Waals surface area contributed by atoms with Gasteiger partial charge in [0.05, 0.1) is 10.2 Å². The van der Waals surface area contributed by atoms with Gasteiger partial charge in [-0.3, -0.25) is 0 Å². The van der Waals surface area contributed by atoms with Gasteiger partial charge < -0.3 is 4.84 Å². The molecule has 0 aliphatic carbocycles. The maximum absolute atomic E-state index is 11.0. The van der Waals surface area contributed by atoms with Crippen molar-refractivity contribution in [1.82, 2.24) is 9.97 Å². The Bertz CT molecular complexity index is 802. The number of aryl methyl sites for hydroxylation is 1. The Balaban J connectivity index is 2.09. The summed E-state index contributed by atoms with van der Waals surface area (Å²) in [6, 6.07) is 7.82. The molecule has 0 N–H and O–H groups in total. The minimum absolute atomic E-state index is 0.470. The molecule has 2 aromatic heterocycles. The first-order chi connectivity index (χ1) is 10.1. The third-order valence-corrected chi connectivity index (χ3v) is 4.59. The number of benzene rings is 1. The second kappa shape index (κ2) is 5.71. The summed E-state index contributed by atoms with van der Waals surface area (Å²) in [7, 11) is 0. The lowest BCUT2D eigenvalue weighted by atomic mass is 10.3. The summed E-state index contributed by atoms with van der Waals surface area (Å²) in [5.74, 6) is -0.470. The molecule has 106 valence electrons. The Morgan fingerprint density at radius 2 is 2.05 bits per heavy atom. The van der Waals surface area contributed by atoms with Crippen molar-refractivity contribution in [3.8, 4) is 0 Å². The molecule has 0 saturated heterocycles. The van der Waals surface area contributed by atoms with Crippen LogP contribution in [0.4, 0.5) is 0 Å². The van der Waals surface area contributed by atoms with Gasteiger partial charge in [0, 0.05) is 18.0 Å². The summed E-state index contributed by atoms with van der Waals surface area (Å²) < 4.78 is 1.05. The van der Waals surface area contributed by atoms with Crippen molar-refractivity contribution < 1.29 is 9.63 Å². The van der Waals surface area contributed by atoms with E-state index in [4.69, 9.17) is 4.84 Å². The molecule has 0 fully saturated rings. The number of hydrogen-bond acceptors (Lipinski definition) is 7. The van der Waals surface area contributed by atoms with Crippen molar-refractivity contribution in [3.63, 3.8) is 0 Å². The smallest absolute Gasteiger partial charge is 0.318 e. The van der Waals surface area contributed by atoms with E-state index in [0.29, 0.717) is 15.7 Å². The maximum Gasteiger partial charge on any atom is 0.332 e. The zero-order chi connectivity index (χ0) is 14.8. The molecule has 21 heavy (non-hydrogen) atoms. The molecule has 0 radical (unpaired) electrons. The van der Waals surface area contributed by atoms with Crippen LogP contribution < -0.4 is 0 Å². The fraction of sp³-hybridized carbons (Fsp3) is 0.143. The second-order valence-corrected chi connectivity index (χ2v) is 6.19. The Morgan fingerprint density at radius 1 is 1.24 bits per heavy atom. The molecule has 0 unspecified atom stereocenters. The molecule has 1 aromatic carbocycles. The SMILES string of the molecule is CC(=O)O/N=C(\c1nc(C)cs1)c1nc2ccccc2s1. The molecule has 2 heterocycles. The van der Waals surface area contributed by atoms with Gasteiger partial charge in [-0.15, -0.1) is 22.7 Å². The van der Waals surface area contributed by atoms with Gasteiger partial charge in [0.15, 0.2) is 5.71 Å². The fourth-order valence-electron chi connectivity index (χ4n) is 1.72. The number of hydrogen-bond donors (Lipinski definition) is 0. The van der Waals surface area contributed by atoms with Crippen molar-refractivity contribution in [2.75, 3.05) is 0 Å². The molecular formula is C14H11N3O2S2. The first kappa shape index (κ1) is 13.8. The Kier molecular flexibility index (Phi) is 3.76. The first-order valence-corrected chi connectivity index (χ1v) is 7.87. The van der Waals surface area contributed by atoms with Crippen molar-refractivity contribution in [2.45, 2.75) is 13.8 Å². The van der Waals surface area contributed by atoms with Crippen LogP contribution in [-0.4, -0.2) is 21.6 Å². The average Bonchev–Trinajstić information content (AvgIpc) is 3.05. The monoisotopic (exact) mass is 317 g/mol. The van der Waals surface area contributed by atoms with Crippen LogP contribution in [0.3, 0.4) is 0 Å². The van der Waals surface area contributed by atoms with E-state index in [2.05, 4.69) is 15.1 Å². The first-order valence-electron chi connectivity index (χ1n) is 6.17. The minimum Gasteiger partial charge on any atom is -0.318 e. The second-order valence-electron chi connectivity index (χ2n) is 4.30. The Hall–Kier alpha value is -2.12. The number of oxime groups is 1. The van der Waals surface area contributed by atoms with Crippen molar-refractivity contribution in [2.24, 2.45) is 5.16 Å². The predicted molar refractivity (Wildman–Crippen MR) is 83.9 cm³/mol. The van der Waals surface area contributed by atoms with Gasteiger partial charge in [-0.2, -0.15) is 0 Å². The Morgan fingerprint density at radius 3 is 2.71 bits per heavy atom. The molecule has 5 nitrogen and oxygen atoms in total. The molecule has 0 spiro atoms. The van der Waals surface area contributed by atoms with E-state index in [1.165, 1.54) is 29.6 Å². The zero-order valence-electron chi connectivity index (χ0n) is 11.4. The van der Waals surface area contributed by atoms with Crippen LogP contribution in [0, 0.1) is 6.92 Å². The lowest BCUT2D eigenvalue weighted by molar-refractivity contribution is -0.140. The third-order valence-electron chi connectivity index (χ3n) is 2.58. The number of carbonyl (C=O) groups is 1. The van der Waals surface area contributed by atoms with E-state index in [-0.39, 0.29) is 0 Å². The van der Waals surface area contributed by atoms with Crippen LogP contribution in [0.2, 0.25) is 0 Å². The summed E-state index contributed by atoms with van der Waals surface area (Å²) in [6.07, 6.45) is 0. The van der Waals surface area contributed by atoms with Gasteiger partial charge in [-0.05, 0) is 19.1 Å². The summed E-state index contributed by atoms with van der Waals surface area (Å²) in [6.45, 7) is 3.22. The largest absolute Gasteiger partial charge is 0.332 e. The molecule has 0 bridgehead atoms. The van der Waals surface area contributed by atoms with E-state index < -0.39 is 5.97 Å². The fourth-order valence-corrected chi connectivity index (χ4v) is 3.51. The predicted octanol–water partition coefficient (Wildman–Crippen LogP) is 3.38. The molecule has 0 amide bonds. The highest BCUT2D eigenvalue weighted by atomic mass is 32.1. The van der Waals surface area contributed by atoms with E-state index in [1.54, 1.807) is 0 Å². The number of rotatable bonds is 3. The summed E-state index contributed by atoms with van der Waals surface area (Å²) in [4.78, 5) is 24.8. The average molecular weight is 317 g/mol. The van der Waals surface area contributed by atoms with E-state index in [0.717, 1.165) is 15.9 Å². The van der Waals surface area contributed by atoms with Gasteiger partial charge in [-0.25, -0.2) is 14.8 Å². The van der Waals surface area contributed by atoms with Crippen LogP contribution in [0.5, 0.6) is 0 Å². The molecule has 0 aliphatic heterocycles. The standard InChI is InChI=1S/C14H11N3O2S2/c1-8-7-20-13(15-8)12(17-19-9(2)18)14-16-10-5-3-4-6-11(10)21-14/h3-7H,1-2H3/b17-12+. The summed E-state index contributed by atoms with van der Waals surface area (Å²) in [5.41, 5.74) is 2.28. The lowest BCUT2D eigenvalue weighted by Crippen LogP contribution is -2.05. The molecule has 0 atom stereocenters. The van der Waals surface area contributed by atoms with Crippen LogP contribution in [-0.2, 0) is 9.63 Å². The van der Waals surface area contributed by atoms with Crippen LogP contribution in [0.15, 0.2) is 34.8 Å². The normalized spacial score (nSPS) is 11.8. The number of fused-ring (bicyclic) bond motifs is 1. The molecule has 0 aliphatic rings. The molecule has 7 heteroatoms. The van der Waals surface area contributed by atoms with Crippen molar-refractivity contribution >= 4 is 44.6 Å². The van der Waals surface area contributed by atoms with Gasteiger partial charge in [-0.1, -0.05) is 17.3 Å². The van der Waals surface area contributed by atoms with Gasteiger partial charge in [0.1, 0.15) is 10.0 Å². The van der Waals surface area contributed by atoms with Gasteiger partial charge in [0.2, 0.25) is 0 Å². The van der Waals surface area contributed by atoms with E-state index in [1.807, 2.05) is 36.6 Å². The Labute approximate surface area is 128 Å². The molecule has 3 aromatic rings. The highest BCUT2D eigenvalue weighted by Gasteiger charge is 2.17. The lowest BCUT2D eigenvalue weighted by Gasteiger charge is -1.98. The zero-order valence-corrected chi connectivity index (χ0v) is 13.0. The topological polar surface area (TPSA) is 64.4 Å². The van der Waals surface area contributed by atoms with Crippen molar-refractivity contribution in [3.05, 3.63) is 45.4 Å². The number of aromatic nitrogens is 2. The van der Waals surface area contributed by atoms with Crippen LogP contribution >= 0.6 is 22.7 Å². The quantitative estimate of drug-likeness (QED) is 0.422. The minimum atomic E-state index is -0.470. The highest BCUT2D eigenvalue weighted by Crippen LogP contribution is 2.25. The number of thiazole rings is 2. The van der Waals surface area contributed by atoms with Gasteiger partial charge >= 0.3 is 5.97 Å².